The lowest BCUT2D eigenvalue weighted by molar-refractivity contribution is 0.0925. The molecule has 2 aromatic carbocycles. The fourth-order valence-electron chi connectivity index (χ4n) is 3.95. The van der Waals surface area contributed by atoms with E-state index in [4.69, 9.17) is 21.3 Å². The molecule has 142 valence electrons. The molecule has 0 bridgehead atoms. The molecule has 4 rings (SSSR count). The SMILES string of the molecule is Cc1ccc(OCC(O)Cn2c(C3CCCC3)nc3ccccc32)c(Cl)c1. The number of aliphatic hydroxyl groups is 1. The summed E-state index contributed by atoms with van der Waals surface area (Å²) in [6.45, 7) is 2.65. The number of halogens is 1. The molecule has 1 aliphatic carbocycles. The van der Waals surface area contributed by atoms with Crippen molar-refractivity contribution in [3.8, 4) is 5.75 Å². The molecule has 27 heavy (non-hydrogen) atoms. The molecule has 1 fully saturated rings. The molecule has 1 atom stereocenters. The molecule has 3 aromatic rings. The highest BCUT2D eigenvalue weighted by atomic mass is 35.5. The first-order valence-electron chi connectivity index (χ1n) is 9.64. The minimum absolute atomic E-state index is 0.194. The standard InChI is InChI=1S/C22H25ClN2O2/c1-15-10-11-21(18(23)12-15)27-14-17(26)13-25-20-9-5-4-8-19(20)24-22(25)16-6-2-3-7-16/h4-5,8-12,16-17,26H,2-3,6-7,13-14H2,1H3. The summed E-state index contributed by atoms with van der Waals surface area (Å²) in [5, 5.41) is 11.2. The zero-order valence-electron chi connectivity index (χ0n) is 15.6. The molecular formula is C22H25ClN2O2. The quantitative estimate of drug-likeness (QED) is 0.643. The van der Waals surface area contributed by atoms with Gasteiger partial charge in [-0.05, 0) is 49.6 Å². The van der Waals surface area contributed by atoms with E-state index >= 15 is 0 Å². The van der Waals surface area contributed by atoms with Gasteiger partial charge in [0.15, 0.2) is 0 Å². The Bertz CT molecular complexity index is 931. The lowest BCUT2D eigenvalue weighted by atomic mass is 10.1. The van der Waals surface area contributed by atoms with Gasteiger partial charge in [-0.3, -0.25) is 0 Å². The third-order valence-corrected chi connectivity index (χ3v) is 5.61. The van der Waals surface area contributed by atoms with Crippen LogP contribution in [-0.4, -0.2) is 27.4 Å². The van der Waals surface area contributed by atoms with Crippen molar-refractivity contribution < 1.29 is 9.84 Å². The van der Waals surface area contributed by atoms with Crippen molar-refractivity contribution in [2.75, 3.05) is 6.61 Å². The number of ether oxygens (including phenoxy) is 1. The number of aliphatic hydroxyl groups excluding tert-OH is 1. The summed E-state index contributed by atoms with van der Waals surface area (Å²) >= 11 is 6.22. The van der Waals surface area contributed by atoms with E-state index < -0.39 is 6.10 Å². The van der Waals surface area contributed by atoms with Gasteiger partial charge in [-0.15, -0.1) is 0 Å². The molecule has 1 unspecified atom stereocenters. The van der Waals surface area contributed by atoms with Gasteiger partial charge < -0.3 is 14.4 Å². The molecule has 0 spiro atoms. The summed E-state index contributed by atoms with van der Waals surface area (Å²) in [7, 11) is 0. The fraction of sp³-hybridized carbons (Fsp3) is 0.409. The van der Waals surface area contributed by atoms with Crippen molar-refractivity contribution in [2.45, 2.75) is 51.2 Å². The topological polar surface area (TPSA) is 47.3 Å². The first kappa shape index (κ1) is 18.3. The molecule has 0 amide bonds. The maximum absolute atomic E-state index is 10.6. The van der Waals surface area contributed by atoms with Crippen molar-refractivity contribution >= 4 is 22.6 Å². The second-order valence-corrected chi connectivity index (χ2v) is 7.86. The fourth-order valence-corrected chi connectivity index (χ4v) is 4.24. The highest BCUT2D eigenvalue weighted by Gasteiger charge is 2.24. The zero-order valence-corrected chi connectivity index (χ0v) is 16.3. The van der Waals surface area contributed by atoms with Crippen LogP contribution >= 0.6 is 11.6 Å². The normalized spacial score (nSPS) is 16.1. The summed E-state index contributed by atoms with van der Waals surface area (Å²) in [5.74, 6) is 2.19. The molecule has 4 nitrogen and oxygen atoms in total. The van der Waals surface area contributed by atoms with Crippen LogP contribution < -0.4 is 4.74 Å². The van der Waals surface area contributed by atoms with Crippen LogP contribution in [0.25, 0.3) is 11.0 Å². The highest BCUT2D eigenvalue weighted by molar-refractivity contribution is 6.32. The molecule has 0 aliphatic heterocycles. The van der Waals surface area contributed by atoms with Gasteiger partial charge in [0.2, 0.25) is 0 Å². The summed E-state index contributed by atoms with van der Waals surface area (Å²) in [6.07, 6.45) is 4.22. The van der Waals surface area contributed by atoms with E-state index in [0.29, 0.717) is 23.2 Å². The first-order chi connectivity index (χ1) is 13.1. The molecular weight excluding hydrogens is 360 g/mol. The van der Waals surface area contributed by atoms with E-state index in [1.807, 2.05) is 43.3 Å². The molecule has 1 aromatic heterocycles. The number of benzene rings is 2. The average Bonchev–Trinajstić information content (AvgIpc) is 3.29. The molecule has 0 radical (unpaired) electrons. The van der Waals surface area contributed by atoms with E-state index in [-0.39, 0.29) is 6.61 Å². The Morgan fingerprint density at radius 1 is 1.22 bits per heavy atom. The van der Waals surface area contributed by atoms with E-state index in [0.717, 1.165) is 22.4 Å². The monoisotopic (exact) mass is 384 g/mol. The number of para-hydroxylation sites is 2. The van der Waals surface area contributed by atoms with Crippen molar-refractivity contribution in [1.29, 1.82) is 0 Å². The van der Waals surface area contributed by atoms with Crippen molar-refractivity contribution in [3.63, 3.8) is 0 Å². The zero-order chi connectivity index (χ0) is 18.8. The van der Waals surface area contributed by atoms with Crippen LogP contribution in [0.5, 0.6) is 5.75 Å². The van der Waals surface area contributed by atoms with Crippen LogP contribution in [0, 0.1) is 6.92 Å². The van der Waals surface area contributed by atoms with Gasteiger partial charge >= 0.3 is 0 Å². The molecule has 0 saturated heterocycles. The highest BCUT2D eigenvalue weighted by Crippen LogP contribution is 2.35. The maximum Gasteiger partial charge on any atom is 0.138 e. The molecule has 1 aliphatic rings. The molecule has 1 saturated carbocycles. The van der Waals surface area contributed by atoms with Gasteiger partial charge in [0.1, 0.15) is 24.3 Å². The van der Waals surface area contributed by atoms with Gasteiger partial charge in [0.05, 0.1) is 22.6 Å². The Balaban J connectivity index is 1.52. The number of hydrogen-bond donors (Lipinski definition) is 1. The number of fused-ring (bicyclic) bond motifs is 1. The van der Waals surface area contributed by atoms with Crippen molar-refractivity contribution in [1.82, 2.24) is 9.55 Å². The third kappa shape index (κ3) is 3.97. The second kappa shape index (κ2) is 7.91. The minimum atomic E-state index is -0.639. The molecule has 1 N–H and O–H groups in total. The Morgan fingerprint density at radius 3 is 2.78 bits per heavy atom. The first-order valence-corrected chi connectivity index (χ1v) is 10.0. The van der Waals surface area contributed by atoms with Gasteiger partial charge in [-0.1, -0.05) is 42.6 Å². The van der Waals surface area contributed by atoms with Crippen LogP contribution in [0.15, 0.2) is 42.5 Å². The van der Waals surface area contributed by atoms with Crippen LogP contribution in [0.4, 0.5) is 0 Å². The predicted molar refractivity (Wildman–Crippen MR) is 109 cm³/mol. The van der Waals surface area contributed by atoms with E-state index in [2.05, 4.69) is 10.6 Å². The summed E-state index contributed by atoms with van der Waals surface area (Å²) < 4.78 is 7.94. The van der Waals surface area contributed by atoms with Crippen LogP contribution in [-0.2, 0) is 6.54 Å². The average molecular weight is 385 g/mol. The predicted octanol–water partition coefficient (Wildman–Crippen LogP) is 5.10. The third-order valence-electron chi connectivity index (χ3n) is 5.32. The van der Waals surface area contributed by atoms with Gasteiger partial charge in [0, 0.05) is 5.92 Å². The van der Waals surface area contributed by atoms with Gasteiger partial charge in [-0.25, -0.2) is 4.98 Å². The summed E-state index contributed by atoms with van der Waals surface area (Å²) in [6, 6.07) is 13.8. The largest absolute Gasteiger partial charge is 0.489 e. The van der Waals surface area contributed by atoms with Crippen molar-refractivity contribution in [2.24, 2.45) is 0 Å². The maximum atomic E-state index is 10.6. The number of aryl methyl sites for hydroxylation is 1. The van der Waals surface area contributed by atoms with Crippen LogP contribution in [0.1, 0.15) is 43.0 Å². The minimum Gasteiger partial charge on any atom is -0.489 e. The van der Waals surface area contributed by atoms with Crippen LogP contribution in [0.2, 0.25) is 5.02 Å². The lowest BCUT2D eigenvalue weighted by Crippen LogP contribution is -2.25. The van der Waals surface area contributed by atoms with Gasteiger partial charge in [-0.2, -0.15) is 0 Å². The Labute approximate surface area is 164 Å². The smallest absolute Gasteiger partial charge is 0.138 e. The lowest BCUT2D eigenvalue weighted by Gasteiger charge is -2.18. The summed E-state index contributed by atoms with van der Waals surface area (Å²) in [5.41, 5.74) is 3.15. The number of hydrogen-bond acceptors (Lipinski definition) is 3. The summed E-state index contributed by atoms with van der Waals surface area (Å²) in [4.78, 5) is 4.88. The van der Waals surface area contributed by atoms with Crippen molar-refractivity contribution in [3.05, 3.63) is 58.9 Å². The van der Waals surface area contributed by atoms with Crippen LogP contribution in [0.3, 0.4) is 0 Å². The number of rotatable bonds is 6. The Hall–Kier alpha value is -2.04. The number of nitrogens with zero attached hydrogens (tertiary/aromatic N) is 2. The number of imidazole rings is 1. The van der Waals surface area contributed by atoms with E-state index in [1.165, 1.54) is 25.7 Å². The van der Waals surface area contributed by atoms with Gasteiger partial charge in [0.25, 0.3) is 0 Å². The second-order valence-electron chi connectivity index (χ2n) is 7.45. The Morgan fingerprint density at radius 2 is 2.00 bits per heavy atom. The Kier molecular flexibility index (Phi) is 5.37. The van der Waals surface area contributed by atoms with E-state index in [9.17, 15) is 5.11 Å². The molecule has 5 heteroatoms. The van der Waals surface area contributed by atoms with E-state index in [1.54, 1.807) is 0 Å². The number of aromatic nitrogens is 2. The molecule has 1 heterocycles.